The van der Waals surface area contributed by atoms with Crippen molar-refractivity contribution in [3.05, 3.63) is 59.7 Å². The summed E-state index contributed by atoms with van der Waals surface area (Å²) in [4.78, 5) is 23.9. The summed E-state index contributed by atoms with van der Waals surface area (Å²) in [6.45, 7) is 0.827. The Bertz CT molecular complexity index is 1040. The van der Waals surface area contributed by atoms with E-state index >= 15 is 0 Å². The number of benzene rings is 2. The van der Waals surface area contributed by atoms with Crippen molar-refractivity contribution < 1.29 is 32.0 Å². The maximum absolute atomic E-state index is 12.6. The maximum Gasteiger partial charge on any atom is 0.425 e. The lowest BCUT2D eigenvalue weighted by atomic mass is 9.98. The van der Waals surface area contributed by atoms with Crippen molar-refractivity contribution in [3.63, 3.8) is 0 Å². The van der Waals surface area contributed by atoms with E-state index in [0.29, 0.717) is 4.31 Å². The Morgan fingerprint density at radius 1 is 1.14 bits per heavy atom. The predicted molar refractivity (Wildman–Crippen MR) is 102 cm³/mol. The fraction of sp³-hybridized carbons (Fsp3) is 0.300. The second-order valence-electron chi connectivity index (χ2n) is 7.04. The topological polar surface area (TPSA) is 110 Å². The third-order valence-electron chi connectivity index (χ3n) is 5.41. The zero-order chi connectivity index (χ0) is 20.8. The third kappa shape index (κ3) is 3.26. The molecule has 1 amide bonds. The van der Waals surface area contributed by atoms with E-state index in [9.17, 15) is 23.1 Å². The van der Waals surface area contributed by atoms with Crippen LogP contribution in [0.4, 0.5) is 4.79 Å². The average molecular weight is 417 g/mol. The van der Waals surface area contributed by atoms with E-state index in [1.165, 1.54) is 6.92 Å². The predicted octanol–water partition coefficient (Wildman–Crippen LogP) is 2.60. The van der Waals surface area contributed by atoms with E-state index in [2.05, 4.69) is 4.18 Å². The Labute approximate surface area is 167 Å². The molecule has 2 aliphatic rings. The molecule has 0 bridgehead atoms. The van der Waals surface area contributed by atoms with Crippen LogP contribution in [0.3, 0.4) is 0 Å². The molecule has 2 aromatic carbocycles. The molecular formula is C20H19NO7S. The standard InChI is InChI=1S/C20H19NO7S/c1-12(19(22)23)18-11-28-29(25,26)21(18)20(24)27-10-17-15-8-4-2-6-13(15)14-7-3-5-9-16(14)17/h2-9,12,17-18H,10-11H2,1H3,(H,22,23)/t12?,18-/m1/s1. The summed E-state index contributed by atoms with van der Waals surface area (Å²) in [5.41, 5.74) is 4.05. The first-order valence-electron chi connectivity index (χ1n) is 9.08. The number of amides is 1. The highest BCUT2D eigenvalue weighted by molar-refractivity contribution is 7.85. The van der Waals surface area contributed by atoms with Crippen LogP contribution in [0.5, 0.6) is 0 Å². The second-order valence-corrected chi connectivity index (χ2v) is 8.52. The molecule has 1 aliphatic heterocycles. The smallest absolute Gasteiger partial charge is 0.425 e. The van der Waals surface area contributed by atoms with Crippen molar-refractivity contribution in [3.8, 4) is 11.1 Å². The molecule has 1 aliphatic carbocycles. The van der Waals surface area contributed by atoms with E-state index in [4.69, 9.17) is 4.74 Å². The maximum atomic E-state index is 12.6. The van der Waals surface area contributed by atoms with Gasteiger partial charge in [-0.05, 0) is 29.2 Å². The number of rotatable bonds is 4. The van der Waals surface area contributed by atoms with Gasteiger partial charge in [0.05, 0.1) is 18.6 Å². The summed E-state index contributed by atoms with van der Waals surface area (Å²) in [5, 5.41) is 9.20. The van der Waals surface area contributed by atoms with Crippen LogP contribution >= 0.6 is 0 Å². The van der Waals surface area contributed by atoms with Crippen LogP contribution < -0.4 is 0 Å². The molecule has 1 unspecified atom stereocenters. The zero-order valence-corrected chi connectivity index (χ0v) is 16.3. The van der Waals surface area contributed by atoms with E-state index in [-0.39, 0.29) is 12.5 Å². The molecule has 2 atom stereocenters. The van der Waals surface area contributed by atoms with Gasteiger partial charge in [-0.15, -0.1) is 0 Å². The molecule has 2 aromatic rings. The van der Waals surface area contributed by atoms with Crippen molar-refractivity contribution in [1.29, 1.82) is 0 Å². The lowest BCUT2D eigenvalue weighted by molar-refractivity contribution is -0.142. The summed E-state index contributed by atoms with van der Waals surface area (Å²) in [7, 11) is -4.39. The molecular weight excluding hydrogens is 398 g/mol. The van der Waals surface area contributed by atoms with E-state index in [1.54, 1.807) is 0 Å². The minimum atomic E-state index is -4.39. The average Bonchev–Trinajstić information content (AvgIpc) is 3.19. The number of carbonyl (C=O) groups excluding carboxylic acids is 1. The zero-order valence-electron chi connectivity index (χ0n) is 15.5. The Morgan fingerprint density at radius 2 is 1.69 bits per heavy atom. The Hall–Kier alpha value is -2.91. The van der Waals surface area contributed by atoms with Crippen LogP contribution in [-0.4, -0.2) is 49.1 Å². The SMILES string of the molecule is CC(C(=O)O)[C@H]1COS(=O)(=O)N1C(=O)OCC1c2ccccc2-c2ccccc21. The summed E-state index contributed by atoms with van der Waals surface area (Å²) in [6.07, 6.45) is -1.14. The fourth-order valence-corrected chi connectivity index (χ4v) is 5.08. The highest BCUT2D eigenvalue weighted by Gasteiger charge is 2.48. The monoisotopic (exact) mass is 417 g/mol. The van der Waals surface area contributed by atoms with Gasteiger partial charge in [0, 0.05) is 5.92 Å². The first-order chi connectivity index (χ1) is 13.8. The van der Waals surface area contributed by atoms with Crippen molar-refractivity contribution >= 4 is 22.4 Å². The van der Waals surface area contributed by atoms with Crippen LogP contribution in [0.2, 0.25) is 0 Å². The molecule has 0 spiro atoms. The molecule has 152 valence electrons. The number of hydrogen-bond acceptors (Lipinski definition) is 6. The Balaban J connectivity index is 1.57. The minimum absolute atomic E-state index is 0.0763. The largest absolute Gasteiger partial charge is 0.481 e. The van der Waals surface area contributed by atoms with Crippen LogP contribution in [0, 0.1) is 5.92 Å². The number of carboxylic acid groups (broad SMARTS) is 1. The van der Waals surface area contributed by atoms with Gasteiger partial charge in [-0.2, -0.15) is 12.7 Å². The number of hydrogen-bond donors (Lipinski definition) is 1. The summed E-state index contributed by atoms with van der Waals surface area (Å²) >= 11 is 0. The lowest BCUT2D eigenvalue weighted by Crippen LogP contribution is -2.45. The van der Waals surface area contributed by atoms with E-state index < -0.39 is 40.9 Å². The molecule has 29 heavy (non-hydrogen) atoms. The van der Waals surface area contributed by atoms with Crippen LogP contribution in [0.25, 0.3) is 11.1 Å². The molecule has 0 radical (unpaired) electrons. The van der Waals surface area contributed by atoms with Gasteiger partial charge in [0.2, 0.25) is 0 Å². The molecule has 4 rings (SSSR count). The van der Waals surface area contributed by atoms with Gasteiger partial charge in [0.1, 0.15) is 6.61 Å². The van der Waals surface area contributed by atoms with E-state index in [1.807, 2.05) is 48.5 Å². The number of aliphatic carboxylic acids is 1. The van der Waals surface area contributed by atoms with Gasteiger partial charge >= 0.3 is 22.4 Å². The molecule has 1 heterocycles. The summed E-state index contributed by atoms with van der Waals surface area (Å²) < 4.78 is 34.7. The van der Waals surface area contributed by atoms with Crippen molar-refractivity contribution in [2.75, 3.05) is 13.2 Å². The van der Waals surface area contributed by atoms with Gasteiger partial charge in [-0.3, -0.25) is 8.98 Å². The highest BCUT2D eigenvalue weighted by Crippen LogP contribution is 2.44. The Kier molecular flexibility index (Phi) is 4.79. The summed E-state index contributed by atoms with van der Waals surface area (Å²) in [6, 6.07) is 14.3. The van der Waals surface area contributed by atoms with Crippen molar-refractivity contribution in [1.82, 2.24) is 4.31 Å². The minimum Gasteiger partial charge on any atom is -0.481 e. The number of carbonyl (C=O) groups is 2. The molecule has 1 saturated heterocycles. The number of fused-ring (bicyclic) bond motifs is 3. The molecule has 1 fully saturated rings. The van der Waals surface area contributed by atoms with Gasteiger partial charge in [-0.1, -0.05) is 48.5 Å². The Morgan fingerprint density at radius 3 is 2.24 bits per heavy atom. The van der Waals surface area contributed by atoms with Crippen molar-refractivity contribution in [2.45, 2.75) is 18.9 Å². The molecule has 0 aromatic heterocycles. The molecule has 8 nitrogen and oxygen atoms in total. The number of nitrogens with zero attached hydrogens (tertiary/aromatic N) is 1. The fourth-order valence-electron chi connectivity index (χ4n) is 3.84. The quantitative estimate of drug-likeness (QED) is 0.814. The van der Waals surface area contributed by atoms with Crippen molar-refractivity contribution in [2.24, 2.45) is 5.92 Å². The third-order valence-corrected chi connectivity index (χ3v) is 6.75. The first kappa shape index (κ1) is 19.4. The molecule has 9 heteroatoms. The van der Waals surface area contributed by atoms with Crippen LogP contribution in [0.15, 0.2) is 48.5 Å². The second kappa shape index (κ2) is 7.16. The number of ether oxygens (including phenoxy) is 1. The first-order valence-corrected chi connectivity index (χ1v) is 10.4. The van der Waals surface area contributed by atoms with Crippen LogP contribution in [-0.2, 0) is 24.0 Å². The number of carboxylic acids is 1. The summed E-state index contributed by atoms with van der Waals surface area (Å²) in [5.74, 6) is -2.60. The molecule has 1 N–H and O–H groups in total. The van der Waals surface area contributed by atoms with Gasteiger partial charge in [-0.25, -0.2) is 4.79 Å². The van der Waals surface area contributed by atoms with Gasteiger partial charge < -0.3 is 9.84 Å². The van der Waals surface area contributed by atoms with E-state index in [0.717, 1.165) is 22.3 Å². The highest BCUT2D eigenvalue weighted by atomic mass is 32.2. The normalized spacial score (nSPS) is 20.7. The molecule has 0 saturated carbocycles. The lowest BCUT2D eigenvalue weighted by Gasteiger charge is -2.23. The van der Waals surface area contributed by atoms with Gasteiger partial charge in [0.25, 0.3) is 0 Å². The van der Waals surface area contributed by atoms with Crippen LogP contribution in [0.1, 0.15) is 24.0 Å². The van der Waals surface area contributed by atoms with Gasteiger partial charge in [0.15, 0.2) is 0 Å².